The Labute approximate surface area is 129 Å². The van der Waals surface area contributed by atoms with Gasteiger partial charge in [0.25, 0.3) is 5.91 Å². The van der Waals surface area contributed by atoms with Gasteiger partial charge in [0.2, 0.25) is 0 Å². The summed E-state index contributed by atoms with van der Waals surface area (Å²) in [5, 5.41) is 0.347. The van der Waals surface area contributed by atoms with Crippen LogP contribution in [-0.4, -0.2) is 27.8 Å². The average molecular weight is 304 g/mol. The van der Waals surface area contributed by atoms with Crippen molar-refractivity contribution in [1.82, 2.24) is 14.9 Å². The Morgan fingerprint density at radius 3 is 2.76 bits per heavy atom. The van der Waals surface area contributed by atoms with Crippen LogP contribution >= 0.6 is 11.6 Å². The molecule has 4 nitrogen and oxygen atoms in total. The Morgan fingerprint density at radius 2 is 2.14 bits per heavy atom. The Bertz CT molecular complexity index is 629. The van der Waals surface area contributed by atoms with E-state index in [0.717, 1.165) is 11.3 Å². The zero-order valence-electron chi connectivity index (χ0n) is 12.4. The summed E-state index contributed by atoms with van der Waals surface area (Å²) in [6.45, 7) is 4.54. The number of pyridine rings is 2. The second-order valence-corrected chi connectivity index (χ2v) is 5.67. The quantitative estimate of drug-likeness (QED) is 0.812. The molecule has 5 heteroatoms. The van der Waals surface area contributed by atoms with Crippen LogP contribution in [0.1, 0.15) is 41.4 Å². The van der Waals surface area contributed by atoms with Gasteiger partial charge in [0.15, 0.2) is 0 Å². The van der Waals surface area contributed by atoms with Gasteiger partial charge < -0.3 is 4.90 Å². The highest BCUT2D eigenvalue weighted by Crippen LogP contribution is 2.19. The number of amides is 1. The Balaban J connectivity index is 2.19. The zero-order chi connectivity index (χ0) is 15.4. The molecule has 21 heavy (non-hydrogen) atoms. The molecule has 0 spiro atoms. The van der Waals surface area contributed by atoms with E-state index in [1.807, 2.05) is 26.0 Å². The highest BCUT2D eigenvalue weighted by molar-refractivity contribution is 6.29. The SMILES string of the molecule is CC(C)c1cc(C(=O)N(C)Cc2cccnc2)cc(Cl)n1. The summed E-state index contributed by atoms with van der Waals surface area (Å²) in [5.74, 6) is 0.143. The minimum Gasteiger partial charge on any atom is -0.337 e. The lowest BCUT2D eigenvalue weighted by atomic mass is 10.1. The van der Waals surface area contributed by atoms with E-state index in [1.165, 1.54) is 0 Å². The Hall–Kier alpha value is -1.94. The molecule has 2 rings (SSSR count). The van der Waals surface area contributed by atoms with Crippen molar-refractivity contribution < 1.29 is 4.79 Å². The molecule has 0 saturated heterocycles. The van der Waals surface area contributed by atoms with Gasteiger partial charge in [-0.2, -0.15) is 0 Å². The van der Waals surface area contributed by atoms with Crippen LogP contribution < -0.4 is 0 Å². The fourth-order valence-corrected chi connectivity index (χ4v) is 2.21. The van der Waals surface area contributed by atoms with E-state index in [0.29, 0.717) is 17.3 Å². The number of rotatable bonds is 4. The number of carbonyl (C=O) groups excluding carboxylic acids is 1. The van der Waals surface area contributed by atoms with Gasteiger partial charge in [-0.1, -0.05) is 31.5 Å². The van der Waals surface area contributed by atoms with Crippen LogP contribution in [0.3, 0.4) is 0 Å². The predicted octanol–water partition coefficient (Wildman–Crippen LogP) is 3.53. The second kappa shape index (κ2) is 6.68. The number of hydrogen-bond acceptors (Lipinski definition) is 3. The summed E-state index contributed by atoms with van der Waals surface area (Å²) in [7, 11) is 1.76. The average Bonchev–Trinajstić information content (AvgIpc) is 2.46. The second-order valence-electron chi connectivity index (χ2n) is 5.28. The van der Waals surface area contributed by atoms with Crippen molar-refractivity contribution in [2.45, 2.75) is 26.3 Å². The van der Waals surface area contributed by atoms with Crippen LogP contribution in [0.2, 0.25) is 5.15 Å². The van der Waals surface area contributed by atoms with Crippen molar-refractivity contribution in [2.24, 2.45) is 0 Å². The van der Waals surface area contributed by atoms with Gasteiger partial charge >= 0.3 is 0 Å². The third-order valence-corrected chi connectivity index (χ3v) is 3.34. The highest BCUT2D eigenvalue weighted by atomic mass is 35.5. The monoisotopic (exact) mass is 303 g/mol. The van der Waals surface area contributed by atoms with E-state index in [4.69, 9.17) is 11.6 Å². The standard InChI is InChI=1S/C16H18ClN3O/c1-11(2)14-7-13(8-15(17)19-14)16(21)20(3)10-12-5-4-6-18-9-12/h4-9,11H,10H2,1-3H3. The van der Waals surface area contributed by atoms with Crippen LogP contribution in [0.5, 0.6) is 0 Å². The fraction of sp³-hybridized carbons (Fsp3) is 0.312. The summed E-state index contributed by atoms with van der Waals surface area (Å²) in [4.78, 5) is 22.4. The van der Waals surface area contributed by atoms with Gasteiger partial charge in [0, 0.05) is 37.2 Å². The molecule has 0 aliphatic rings. The minimum absolute atomic E-state index is 0.0787. The van der Waals surface area contributed by atoms with Crippen LogP contribution in [0, 0.1) is 0 Å². The first-order valence-corrected chi connectivity index (χ1v) is 7.17. The third kappa shape index (κ3) is 4.02. The molecule has 0 N–H and O–H groups in total. The van der Waals surface area contributed by atoms with Crippen molar-refractivity contribution in [2.75, 3.05) is 7.05 Å². The first-order valence-electron chi connectivity index (χ1n) is 6.79. The van der Waals surface area contributed by atoms with Gasteiger partial charge in [0.1, 0.15) is 5.15 Å². The molecule has 0 radical (unpaired) electrons. The molecule has 110 valence electrons. The molecule has 0 aliphatic carbocycles. The highest BCUT2D eigenvalue weighted by Gasteiger charge is 2.15. The van der Waals surface area contributed by atoms with Gasteiger partial charge in [0.05, 0.1) is 0 Å². The molecule has 0 aromatic carbocycles. The van der Waals surface area contributed by atoms with Crippen molar-refractivity contribution in [3.05, 3.63) is 58.6 Å². The maximum atomic E-state index is 12.5. The summed E-state index contributed by atoms with van der Waals surface area (Å²) in [6, 6.07) is 7.21. The first kappa shape index (κ1) is 15.4. The number of nitrogens with zero attached hydrogens (tertiary/aromatic N) is 3. The zero-order valence-corrected chi connectivity index (χ0v) is 13.1. The molecular formula is C16H18ClN3O. The molecular weight excluding hydrogens is 286 g/mol. The molecule has 0 aliphatic heterocycles. The summed E-state index contributed by atoms with van der Waals surface area (Å²) >= 11 is 6.01. The molecule has 0 unspecified atom stereocenters. The van der Waals surface area contributed by atoms with E-state index in [1.54, 1.807) is 36.5 Å². The molecule has 0 atom stereocenters. The Morgan fingerprint density at radius 1 is 1.38 bits per heavy atom. The van der Waals surface area contributed by atoms with Crippen molar-refractivity contribution in [3.63, 3.8) is 0 Å². The topological polar surface area (TPSA) is 46.1 Å². The van der Waals surface area contributed by atoms with Gasteiger partial charge in [-0.3, -0.25) is 9.78 Å². The predicted molar refractivity (Wildman–Crippen MR) is 83.4 cm³/mol. The van der Waals surface area contributed by atoms with Gasteiger partial charge in [-0.15, -0.1) is 0 Å². The van der Waals surface area contributed by atoms with Crippen LogP contribution in [0.15, 0.2) is 36.7 Å². The maximum absolute atomic E-state index is 12.5. The molecule has 2 aromatic heterocycles. The lowest BCUT2D eigenvalue weighted by Crippen LogP contribution is -2.26. The molecule has 0 saturated carbocycles. The Kier molecular flexibility index (Phi) is 4.91. The molecule has 2 aromatic rings. The maximum Gasteiger partial charge on any atom is 0.254 e. The van der Waals surface area contributed by atoms with Crippen LogP contribution in [0.4, 0.5) is 0 Å². The number of carbonyl (C=O) groups is 1. The minimum atomic E-state index is -0.0787. The van der Waals surface area contributed by atoms with E-state index in [9.17, 15) is 4.79 Å². The fourth-order valence-electron chi connectivity index (χ4n) is 1.99. The molecule has 0 fully saturated rings. The summed E-state index contributed by atoms with van der Waals surface area (Å²) in [6.07, 6.45) is 3.46. The van der Waals surface area contributed by atoms with E-state index in [2.05, 4.69) is 9.97 Å². The number of hydrogen-bond donors (Lipinski definition) is 0. The van der Waals surface area contributed by atoms with Gasteiger partial charge in [-0.05, 0) is 29.7 Å². The molecule has 2 heterocycles. The van der Waals surface area contributed by atoms with Gasteiger partial charge in [-0.25, -0.2) is 4.98 Å². The summed E-state index contributed by atoms with van der Waals surface area (Å²) < 4.78 is 0. The van der Waals surface area contributed by atoms with E-state index < -0.39 is 0 Å². The van der Waals surface area contributed by atoms with Crippen LogP contribution in [-0.2, 0) is 6.54 Å². The van der Waals surface area contributed by atoms with Crippen LogP contribution in [0.25, 0.3) is 0 Å². The van der Waals surface area contributed by atoms with E-state index in [-0.39, 0.29) is 11.8 Å². The van der Waals surface area contributed by atoms with Crippen molar-refractivity contribution in [3.8, 4) is 0 Å². The first-order chi connectivity index (χ1) is 9.97. The molecule has 1 amide bonds. The number of halogens is 1. The normalized spacial score (nSPS) is 10.7. The smallest absolute Gasteiger partial charge is 0.254 e. The largest absolute Gasteiger partial charge is 0.337 e. The summed E-state index contributed by atoms with van der Waals surface area (Å²) in [5.41, 5.74) is 2.36. The third-order valence-electron chi connectivity index (χ3n) is 3.14. The van der Waals surface area contributed by atoms with Crippen molar-refractivity contribution >= 4 is 17.5 Å². The molecule has 0 bridgehead atoms. The van der Waals surface area contributed by atoms with Crippen molar-refractivity contribution in [1.29, 1.82) is 0 Å². The lowest BCUT2D eigenvalue weighted by molar-refractivity contribution is 0.0784. The number of aromatic nitrogens is 2. The lowest BCUT2D eigenvalue weighted by Gasteiger charge is -2.18. The van der Waals surface area contributed by atoms with E-state index >= 15 is 0 Å².